The third-order valence-electron chi connectivity index (χ3n) is 7.07. The third-order valence-corrected chi connectivity index (χ3v) is 7.07. The number of benzene rings is 1. The number of likely N-dealkylation sites (tertiary alicyclic amines) is 1. The van der Waals surface area contributed by atoms with Crippen molar-refractivity contribution in [1.82, 2.24) is 15.5 Å². The van der Waals surface area contributed by atoms with Gasteiger partial charge in [-0.3, -0.25) is 14.8 Å². The lowest BCUT2D eigenvalue weighted by Crippen LogP contribution is -2.50. The number of piperidine rings is 1. The Hall–Kier alpha value is -2.82. The number of rotatable bonds is 5. The maximum absolute atomic E-state index is 13.7. The number of aliphatic imine (C=N–C) groups is 2. The summed E-state index contributed by atoms with van der Waals surface area (Å²) in [4.78, 5) is 23.5. The number of ether oxygens (including phenoxy) is 1. The predicted octanol–water partition coefficient (Wildman–Crippen LogP) is 3.80. The van der Waals surface area contributed by atoms with Gasteiger partial charge in [0.1, 0.15) is 17.5 Å². The molecule has 1 saturated carbocycles. The number of hydrogen-bond donors (Lipinski definition) is 3. The Kier molecular flexibility index (Phi) is 8.38. The van der Waals surface area contributed by atoms with Gasteiger partial charge in [0.15, 0.2) is 0 Å². The molecule has 4 rings (SSSR count). The molecule has 3 N–H and O–H groups in total. The normalized spacial score (nSPS) is 23.6. The van der Waals surface area contributed by atoms with Crippen molar-refractivity contribution in [3.8, 4) is 5.75 Å². The molecule has 2 heterocycles. The van der Waals surface area contributed by atoms with Gasteiger partial charge in [0.25, 0.3) is 5.91 Å². The first-order valence-electron chi connectivity index (χ1n) is 12.6. The van der Waals surface area contributed by atoms with Crippen molar-refractivity contribution >= 4 is 23.4 Å². The highest BCUT2D eigenvalue weighted by Gasteiger charge is 2.45. The summed E-state index contributed by atoms with van der Waals surface area (Å²) in [6, 6.07) is 4.96. The first kappa shape index (κ1) is 26.2. The Morgan fingerprint density at radius 1 is 1.17 bits per heavy atom. The minimum Gasteiger partial charge on any atom is -0.495 e. The van der Waals surface area contributed by atoms with Gasteiger partial charge in [-0.05, 0) is 64.0 Å². The van der Waals surface area contributed by atoms with E-state index in [2.05, 4.69) is 37.9 Å². The second-order valence-electron chi connectivity index (χ2n) is 9.81. The Labute approximate surface area is 209 Å². The number of anilines is 1. The summed E-state index contributed by atoms with van der Waals surface area (Å²) in [7, 11) is 3.54. The standard InChI is InChI=1S/C25H35F3N6O2/c1-34-12-10-18(11-13-34)31-23(35)16-8-9-20(21(14-16)36-2)32-24-29-15-19(25(26,27)28)22(33-24)30-17-6-4-3-5-7-17/h8-9,14,17-19H,3-7,10-13,15H2,1-2H3,(H,31,35)(H2,29,30,32,33). The number of guanidine groups is 1. The predicted molar refractivity (Wildman–Crippen MR) is 134 cm³/mol. The summed E-state index contributed by atoms with van der Waals surface area (Å²) >= 11 is 0. The maximum atomic E-state index is 13.7. The fourth-order valence-corrected chi connectivity index (χ4v) is 4.86. The van der Waals surface area contributed by atoms with Crippen LogP contribution in [0.2, 0.25) is 0 Å². The molecule has 1 amide bonds. The van der Waals surface area contributed by atoms with E-state index in [9.17, 15) is 18.0 Å². The van der Waals surface area contributed by atoms with E-state index < -0.39 is 18.6 Å². The lowest BCUT2D eigenvalue weighted by atomic mass is 9.95. The van der Waals surface area contributed by atoms with Crippen molar-refractivity contribution in [3.05, 3.63) is 23.8 Å². The molecule has 1 unspecified atom stereocenters. The number of amidine groups is 1. The summed E-state index contributed by atoms with van der Waals surface area (Å²) in [5.41, 5.74) is 0.939. The van der Waals surface area contributed by atoms with E-state index in [1.807, 2.05) is 0 Å². The SMILES string of the molecule is COc1cc(C(=O)NC2CCN(C)CC2)ccc1NC1=NCC(C(F)(F)F)C(=NC2CCCCC2)N1. The molecule has 0 radical (unpaired) electrons. The lowest BCUT2D eigenvalue weighted by Gasteiger charge is -2.29. The smallest absolute Gasteiger partial charge is 0.400 e. The van der Waals surface area contributed by atoms with Crippen molar-refractivity contribution in [2.45, 2.75) is 63.2 Å². The molecule has 2 aliphatic heterocycles. The van der Waals surface area contributed by atoms with Gasteiger partial charge in [0.2, 0.25) is 5.96 Å². The monoisotopic (exact) mass is 508 g/mol. The van der Waals surface area contributed by atoms with Crippen molar-refractivity contribution in [2.24, 2.45) is 15.9 Å². The molecule has 0 bridgehead atoms. The zero-order valence-electron chi connectivity index (χ0n) is 20.8. The Morgan fingerprint density at radius 2 is 1.89 bits per heavy atom. The number of methoxy groups -OCH3 is 1. The van der Waals surface area contributed by atoms with Gasteiger partial charge < -0.3 is 25.6 Å². The van der Waals surface area contributed by atoms with Gasteiger partial charge in [-0.25, -0.2) is 0 Å². The molecule has 36 heavy (non-hydrogen) atoms. The fraction of sp³-hybridized carbons (Fsp3) is 0.640. The summed E-state index contributed by atoms with van der Waals surface area (Å²) < 4.78 is 46.4. The number of halogens is 3. The Morgan fingerprint density at radius 3 is 2.56 bits per heavy atom. The highest BCUT2D eigenvalue weighted by molar-refractivity contribution is 6.09. The molecule has 198 valence electrons. The molecule has 8 nitrogen and oxygen atoms in total. The van der Waals surface area contributed by atoms with Crippen LogP contribution in [0.3, 0.4) is 0 Å². The molecule has 2 fully saturated rings. The summed E-state index contributed by atoms with van der Waals surface area (Å²) in [5, 5.41) is 8.87. The number of nitrogens with zero attached hydrogens (tertiary/aromatic N) is 3. The molecule has 1 aliphatic carbocycles. The quantitative estimate of drug-likeness (QED) is 0.563. The van der Waals surface area contributed by atoms with E-state index in [1.54, 1.807) is 18.2 Å². The summed E-state index contributed by atoms with van der Waals surface area (Å²) in [6.45, 7) is 1.44. The third kappa shape index (κ3) is 6.68. The average molecular weight is 509 g/mol. The molecule has 3 aliphatic rings. The van der Waals surface area contributed by atoms with Crippen LogP contribution >= 0.6 is 0 Å². The number of hydrogen-bond acceptors (Lipinski definition) is 6. The van der Waals surface area contributed by atoms with Crippen molar-refractivity contribution in [3.63, 3.8) is 0 Å². The van der Waals surface area contributed by atoms with E-state index in [4.69, 9.17) is 4.74 Å². The number of carbonyl (C=O) groups is 1. The number of carbonyl (C=O) groups excluding carboxylic acids is 1. The topological polar surface area (TPSA) is 90.4 Å². The van der Waals surface area contributed by atoms with Gasteiger partial charge in [0, 0.05) is 11.6 Å². The van der Waals surface area contributed by atoms with Gasteiger partial charge >= 0.3 is 6.18 Å². The van der Waals surface area contributed by atoms with Crippen LogP contribution in [-0.2, 0) is 0 Å². The van der Waals surface area contributed by atoms with Crippen LogP contribution < -0.4 is 20.7 Å². The summed E-state index contributed by atoms with van der Waals surface area (Å²) in [5.74, 6) is -1.47. The molecule has 1 atom stereocenters. The van der Waals surface area contributed by atoms with E-state index >= 15 is 0 Å². The second kappa shape index (κ2) is 11.5. The van der Waals surface area contributed by atoms with Crippen LogP contribution in [0.25, 0.3) is 0 Å². The average Bonchev–Trinajstić information content (AvgIpc) is 2.85. The van der Waals surface area contributed by atoms with Crippen LogP contribution in [0, 0.1) is 5.92 Å². The zero-order chi connectivity index (χ0) is 25.7. The van der Waals surface area contributed by atoms with Gasteiger partial charge in [0.05, 0.1) is 25.4 Å². The Balaban J connectivity index is 1.46. The molecule has 1 aromatic carbocycles. The second-order valence-corrected chi connectivity index (χ2v) is 9.81. The highest BCUT2D eigenvalue weighted by atomic mass is 19.4. The van der Waals surface area contributed by atoms with E-state index in [-0.39, 0.29) is 29.8 Å². The maximum Gasteiger partial charge on any atom is 0.400 e. The zero-order valence-corrected chi connectivity index (χ0v) is 20.8. The lowest BCUT2D eigenvalue weighted by molar-refractivity contribution is -0.153. The molecule has 0 spiro atoms. The van der Waals surface area contributed by atoms with Gasteiger partial charge in [-0.1, -0.05) is 19.3 Å². The molecule has 0 aromatic heterocycles. The van der Waals surface area contributed by atoms with Crippen LogP contribution in [-0.4, -0.2) is 74.7 Å². The van der Waals surface area contributed by atoms with Crippen LogP contribution in [0.1, 0.15) is 55.3 Å². The Bertz CT molecular complexity index is 982. The molecule has 1 aromatic rings. The number of amides is 1. The molecular formula is C25H35F3N6O2. The fourth-order valence-electron chi connectivity index (χ4n) is 4.86. The number of alkyl halides is 3. The van der Waals surface area contributed by atoms with E-state index in [1.165, 1.54) is 7.11 Å². The van der Waals surface area contributed by atoms with E-state index in [0.29, 0.717) is 17.0 Å². The molecule has 1 saturated heterocycles. The number of nitrogens with one attached hydrogen (secondary N) is 3. The summed E-state index contributed by atoms with van der Waals surface area (Å²) in [6.07, 6.45) is 2.00. The van der Waals surface area contributed by atoms with Gasteiger partial charge in [-0.15, -0.1) is 0 Å². The largest absolute Gasteiger partial charge is 0.495 e. The highest BCUT2D eigenvalue weighted by Crippen LogP contribution is 2.31. The molecule has 11 heteroatoms. The van der Waals surface area contributed by atoms with E-state index in [0.717, 1.165) is 58.0 Å². The van der Waals surface area contributed by atoms with Crippen LogP contribution in [0.4, 0.5) is 18.9 Å². The van der Waals surface area contributed by atoms with Crippen molar-refractivity contribution < 1.29 is 22.7 Å². The van der Waals surface area contributed by atoms with Gasteiger partial charge in [-0.2, -0.15) is 13.2 Å². The van der Waals surface area contributed by atoms with Crippen molar-refractivity contribution in [1.29, 1.82) is 0 Å². The first-order valence-corrected chi connectivity index (χ1v) is 12.6. The minimum atomic E-state index is -4.43. The molecular weight excluding hydrogens is 473 g/mol. The van der Waals surface area contributed by atoms with Crippen molar-refractivity contribution in [2.75, 3.05) is 39.1 Å². The first-order chi connectivity index (χ1) is 17.2. The van der Waals surface area contributed by atoms with Crippen LogP contribution in [0.5, 0.6) is 5.75 Å². The minimum absolute atomic E-state index is 0.0972. The van der Waals surface area contributed by atoms with Crippen LogP contribution in [0.15, 0.2) is 28.2 Å².